The summed E-state index contributed by atoms with van der Waals surface area (Å²) in [5, 5.41) is 3.90. The molecular weight excluding hydrogens is 287 g/mol. The Balaban J connectivity index is 2.10. The Morgan fingerprint density at radius 3 is 2.81 bits per heavy atom. The molecule has 2 unspecified atom stereocenters. The Bertz CT molecular complexity index is 446. The van der Waals surface area contributed by atoms with Crippen molar-refractivity contribution in [2.45, 2.75) is 57.4 Å². The van der Waals surface area contributed by atoms with Gasteiger partial charge >= 0.3 is 0 Å². The topological polar surface area (TPSA) is 38.0 Å². The highest BCUT2D eigenvalue weighted by Gasteiger charge is 2.31. The average Bonchev–Trinajstić information content (AvgIpc) is 2.62. The van der Waals surface area contributed by atoms with E-state index in [1.165, 1.54) is 44.2 Å². The molecule has 118 valence electrons. The number of benzene rings is 1. The molecule has 2 rings (SSSR count). The zero-order valence-electron chi connectivity index (χ0n) is 12.8. The second-order valence-electron chi connectivity index (χ2n) is 6.35. The molecule has 0 aliphatic heterocycles. The number of halogens is 2. The normalized spacial score (nSPS) is 26.4. The molecule has 1 aromatic carbocycles. The number of anilines is 1. The summed E-state index contributed by atoms with van der Waals surface area (Å²) >= 11 is 5.94. The smallest absolute Gasteiger partial charge is 0.126 e. The van der Waals surface area contributed by atoms with E-state index in [0.717, 1.165) is 24.4 Å². The van der Waals surface area contributed by atoms with Crippen molar-refractivity contribution in [3.8, 4) is 0 Å². The van der Waals surface area contributed by atoms with E-state index < -0.39 is 0 Å². The molecule has 1 aromatic rings. The van der Waals surface area contributed by atoms with Crippen LogP contribution < -0.4 is 11.1 Å². The molecule has 21 heavy (non-hydrogen) atoms. The maximum atomic E-state index is 13.5. The Hall–Kier alpha value is -0.800. The summed E-state index contributed by atoms with van der Waals surface area (Å²) in [5.41, 5.74) is 6.67. The van der Waals surface area contributed by atoms with Crippen molar-refractivity contribution in [3.63, 3.8) is 0 Å². The van der Waals surface area contributed by atoms with Crippen molar-refractivity contribution in [2.75, 3.05) is 11.9 Å². The summed E-state index contributed by atoms with van der Waals surface area (Å²) in [6.45, 7) is 2.81. The van der Waals surface area contributed by atoms with Crippen LogP contribution in [0.4, 0.5) is 10.1 Å². The third kappa shape index (κ3) is 4.58. The predicted molar refractivity (Wildman–Crippen MR) is 88.3 cm³/mol. The number of nitrogens with one attached hydrogen (secondary N) is 1. The molecule has 0 amide bonds. The molecule has 2 atom stereocenters. The fourth-order valence-electron chi connectivity index (χ4n) is 3.49. The molecule has 0 aromatic heterocycles. The lowest BCUT2D eigenvalue weighted by Crippen LogP contribution is -2.45. The van der Waals surface area contributed by atoms with E-state index in [0.29, 0.717) is 11.6 Å². The summed E-state index contributed by atoms with van der Waals surface area (Å²) in [5.74, 6) is 0.496. The Morgan fingerprint density at radius 1 is 1.33 bits per heavy atom. The van der Waals surface area contributed by atoms with Crippen LogP contribution >= 0.6 is 11.6 Å². The van der Waals surface area contributed by atoms with Crippen LogP contribution in [-0.2, 0) is 0 Å². The molecule has 0 bridgehead atoms. The first-order chi connectivity index (χ1) is 10.1. The standard InChI is InChI=1S/C17H26ClFN2/c1-2-4-13-5-3-7-17(12-20,8-6-13)21-16-10-14(18)9-15(19)11-16/h9-11,13,21H,2-8,12,20H2,1H3. The molecule has 1 aliphatic rings. The van der Waals surface area contributed by atoms with Gasteiger partial charge in [-0.25, -0.2) is 4.39 Å². The van der Waals surface area contributed by atoms with Crippen molar-refractivity contribution in [3.05, 3.63) is 29.0 Å². The molecule has 1 saturated carbocycles. The minimum atomic E-state index is -0.311. The molecule has 1 aliphatic carbocycles. The van der Waals surface area contributed by atoms with Gasteiger partial charge in [0.05, 0.1) is 0 Å². The van der Waals surface area contributed by atoms with E-state index in [1.807, 2.05) is 0 Å². The average molecular weight is 313 g/mol. The van der Waals surface area contributed by atoms with Gasteiger partial charge in [-0.05, 0) is 43.4 Å². The van der Waals surface area contributed by atoms with Crippen LogP contribution in [0, 0.1) is 11.7 Å². The summed E-state index contributed by atoms with van der Waals surface area (Å²) in [4.78, 5) is 0. The zero-order chi connectivity index (χ0) is 15.3. The van der Waals surface area contributed by atoms with Crippen LogP contribution in [0.3, 0.4) is 0 Å². The van der Waals surface area contributed by atoms with Crippen LogP contribution in [0.15, 0.2) is 18.2 Å². The van der Waals surface area contributed by atoms with Gasteiger partial charge in [-0.15, -0.1) is 0 Å². The highest BCUT2D eigenvalue weighted by molar-refractivity contribution is 6.30. The summed E-state index contributed by atoms with van der Waals surface area (Å²) in [6.07, 6.45) is 8.28. The van der Waals surface area contributed by atoms with Gasteiger partial charge in [0, 0.05) is 22.8 Å². The summed E-state index contributed by atoms with van der Waals surface area (Å²) < 4.78 is 13.5. The van der Waals surface area contributed by atoms with Gasteiger partial charge < -0.3 is 11.1 Å². The van der Waals surface area contributed by atoms with Gasteiger partial charge in [-0.1, -0.05) is 44.2 Å². The largest absolute Gasteiger partial charge is 0.378 e. The van der Waals surface area contributed by atoms with Gasteiger partial charge in [0.25, 0.3) is 0 Å². The van der Waals surface area contributed by atoms with E-state index in [4.69, 9.17) is 17.3 Å². The summed E-state index contributed by atoms with van der Waals surface area (Å²) in [6, 6.07) is 4.60. The first-order valence-electron chi connectivity index (χ1n) is 8.01. The maximum absolute atomic E-state index is 13.5. The van der Waals surface area contributed by atoms with Crippen LogP contribution in [0.1, 0.15) is 51.9 Å². The van der Waals surface area contributed by atoms with Crippen molar-refractivity contribution in [1.29, 1.82) is 0 Å². The molecular formula is C17H26ClFN2. The molecule has 2 nitrogen and oxygen atoms in total. The van der Waals surface area contributed by atoms with Gasteiger partial charge in [0.15, 0.2) is 0 Å². The SMILES string of the molecule is CCCC1CCCC(CN)(Nc2cc(F)cc(Cl)c2)CC1. The van der Waals surface area contributed by atoms with E-state index in [9.17, 15) is 4.39 Å². The third-order valence-electron chi connectivity index (χ3n) is 4.66. The van der Waals surface area contributed by atoms with Crippen molar-refractivity contribution < 1.29 is 4.39 Å². The minimum absolute atomic E-state index is 0.125. The van der Waals surface area contributed by atoms with Gasteiger partial charge in [0.1, 0.15) is 5.82 Å². The highest BCUT2D eigenvalue weighted by atomic mass is 35.5. The fraction of sp³-hybridized carbons (Fsp3) is 0.647. The molecule has 1 fully saturated rings. The van der Waals surface area contributed by atoms with Crippen molar-refractivity contribution in [1.82, 2.24) is 0 Å². The van der Waals surface area contributed by atoms with E-state index in [-0.39, 0.29) is 11.4 Å². The first kappa shape index (κ1) is 16.6. The van der Waals surface area contributed by atoms with Gasteiger partial charge in [-0.3, -0.25) is 0 Å². The van der Waals surface area contributed by atoms with E-state index in [1.54, 1.807) is 6.07 Å². The minimum Gasteiger partial charge on any atom is -0.378 e. The lowest BCUT2D eigenvalue weighted by Gasteiger charge is -2.34. The highest BCUT2D eigenvalue weighted by Crippen LogP contribution is 2.35. The molecule has 0 radical (unpaired) electrons. The number of hydrogen-bond acceptors (Lipinski definition) is 2. The van der Waals surface area contributed by atoms with Crippen molar-refractivity contribution >= 4 is 17.3 Å². The lowest BCUT2D eigenvalue weighted by atomic mass is 9.88. The first-order valence-corrected chi connectivity index (χ1v) is 8.39. The Labute approximate surface area is 132 Å². The van der Waals surface area contributed by atoms with Crippen LogP contribution in [0.5, 0.6) is 0 Å². The number of nitrogens with two attached hydrogens (primary N) is 1. The molecule has 0 saturated heterocycles. The lowest BCUT2D eigenvalue weighted by molar-refractivity contribution is 0.390. The molecule has 4 heteroatoms. The van der Waals surface area contributed by atoms with E-state index >= 15 is 0 Å². The zero-order valence-corrected chi connectivity index (χ0v) is 13.6. The molecule has 0 heterocycles. The Morgan fingerprint density at radius 2 is 2.14 bits per heavy atom. The Kier molecular flexibility index (Phi) is 5.88. The van der Waals surface area contributed by atoms with Crippen LogP contribution in [-0.4, -0.2) is 12.1 Å². The van der Waals surface area contributed by atoms with Crippen LogP contribution in [0.2, 0.25) is 5.02 Å². The van der Waals surface area contributed by atoms with Crippen molar-refractivity contribution in [2.24, 2.45) is 11.7 Å². The van der Waals surface area contributed by atoms with E-state index in [2.05, 4.69) is 12.2 Å². The maximum Gasteiger partial charge on any atom is 0.126 e. The predicted octanol–water partition coefficient (Wildman–Crippen LogP) is 4.97. The van der Waals surface area contributed by atoms with Crippen LogP contribution in [0.25, 0.3) is 0 Å². The van der Waals surface area contributed by atoms with Gasteiger partial charge in [0.2, 0.25) is 0 Å². The number of hydrogen-bond donors (Lipinski definition) is 2. The third-order valence-corrected chi connectivity index (χ3v) is 4.88. The molecule has 0 spiro atoms. The fourth-order valence-corrected chi connectivity index (χ4v) is 3.71. The quantitative estimate of drug-likeness (QED) is 0.753. The molecule has 3 N–H and O–H groups in total. The summed E-state index contributed by atoms with van der Waals surface area (Å²) in [7, 11) is 0. The monoisotopic (exact) mass is 312 g/mol. The second kappa shape index (κ2) is 7.46. The number of rotatable bonds is 5. The second-order valence-corrected chi connectivity index (χ2v) is 6.79. The van der Waals surface area contributed by atoms with Gasteiger partial charge in [-0.2, -0.15) is 0 Å².